The Kier molecular flexibility index (Phi) is 5.05. The van der Waals surface area contributed by atoms with E-state index in [2.05, 4.69) is 13.0 Å². The first kappa shape index (κ1) is 14.9. The smallest absolute Gasteiger partial charge is 0.126 e. The van der Waals surface area contributed by atoms with Crippen LogP contribution in [-0.4, -0.2) is 11.2 Å². The molecule has 20 heavy (non-hydrogen) atoms. The number of hydrogen-bond donors (Lipinski definition) is 1. The van der Waals surface area contributed by atoms with Crippen LogP contribution in [0.25, 0.3) is 0 Å². The number of benzene rings is 2. The van der Waals surface area contributed by atoms with Crippen molar-refractivity contribution in [3.8, 4) is 5.75 Å². The molecule has 2 unspecified atom stereocenters. The molecule has 106 valence electrons. The van der Waals surface area contributed by atoms with E-state index in [9.17, 15) is 5.11 Å². The van der Waals surface area contributed by atoms with E-state index in [1.807, 2.05) is 37.3 Å². The van der Waals surface area contributed by atoms with Gasteiger partial charge in [0, 0.05) is 5.02 Å². The van der Waals surface area contributed by atoms with Crippen LogP contribution in [0.5, 0.6) is 5.75 Å². The maximum Gasteiger partial charge on any atom is 0.126 e. The zero-order valence-corrected chi connectivity index (χ0v) is 12.5. The zero-order valence-electron chi connectivity index (χ0n) is 11.7. The van der Waals surface area contributed by atoms with E-state index < -0.39 is 6.10 Å². The van der Waals surface area contributed by atoms with E-state index in [1.54, 1.807) is 12.1 Å². The molecule has 0 spiro atoms. The Hall–Kier alpha value is -1.51. The van der Waals surface area contributed by atoms with E-state index in [1.165, 1.54) is 5.56 Å². The summed E-state index contributed by atoms with van der Waals surface area (Å²) in [6, 6.07) is 15.1. The number of halogens is 1. The predicted octanol–water partition coefficient (Wildman–Crippen LogP) is 4.40. The molecule has 0 bridgehead atoms. The molecule has 0 heterocycles. The average molecular weight is 291 g/mol. The molecule has 2 aromatic carbocycles. The van der Waals surface area contributed by atoms with E-state index in [4.69, 9.17) is 16.3 Å². The number of rotatable bonds is 5. The molecule has 0 saturated heterocycles. The lowest BCUT2D eigenvalue weighted by molar-refractivity contribution is 0.0467. The highest BCUT2D eigenvalue weighted by molar-refractivity contribution is 6.30. The minimum Gasteiger partial charge on any atom is -0.488 e. The summed E-state index contributed by atoms with van der Waals surface area (Å²) < 4.78 is 5.75. The summed E-state index contributed by atoms with van der Waals surface area (Å²) in [5.41, 5.74) is 2.08. The summed E-state index contributed by atoms with van der Waals surface area (Å²) in [6.07, 6.45) is -0.0644. The molecule has 2 nitrogen and oxygen atoms in total. The molecule has 2 rings (SSSR count). The van der Waals surface area contributed by atoms with Gasteiger partial charge in [0.15, 0.2) is 0 Å². The Morgan fingerprint density at radius 1 is 1.15 bits per heavy atom. The van der Waals surface area contributed by atoms with Crippen LogP contribution in [0, 0.1) is 0 Å². The molecule has 1 N–H and O–H groups in total. The minimum atomic E-state index is -0.666. The summed E-state index contributed by atoms with van der Waals surface area (Å²) in [6.45, 7) is 3.95. The standard InChI is InChI=1S/C17H19ClO2/c1-3-13-6-4-7-14(10-13)17(19)12(2)20-16-9-5-8-15(18)11-16/h4-12,17,19H,3H2,1-2H3. The molecule has 0 fully saturated rings. The monoisotopic (exact) mass is 290 g/mol. The number of hydrogen-bond acceptors (Lipinski definition) is 2. The van der Waals surface area contributed by atoms with Gasteiger partial charge in [0.05, 0.1) is 0 Å². The summed E-state index contributed by atoms with van der Waals surface area (Å²) in [7, 11) is 0. The zero-order chi connectivity index (χ0) is 14.5. The second-order valence-corrected chi connectivity index (χ2v) is 5.26. The van der Waals surface area contributed by atoms with Gasteiger partial charge in [0.2, 0.25) is 0 Å². The molecular weight excluding hydrogens is 272 g/mol. The molecule has 2 atom stereocenters. The van der Waals surface area contributed by atoms with Crippen LogP contribution >= 0.6 is 11.6 Å². The quantitative estimate of drug-likeness (QED) is 0.884. The number of aliphatic hydroxyl groups is 1. The van der Waals surface area contributed by atoms with Crippen LogP contribution in [0.3, 0.4) is 0 Å². The fourth-order valence-corrected chi connectivity index (χ4v) is 2.27. The highest BCUT2D eigenvalue weighted by Crippen LogP contribution is 2.24. The summed E-state index contributed by atoms with van der Waals surface area (Å²) in [5.74, 6) is 0.663. The number of aliphatic hydroxyl groups excluding tert-OH is 1. The van der Waals surface area contributed by atoms with Crippen molar-refractivity contribution in [2.24, 2.45) is 0 Å². The van der Waals surface area contributed by atoms with Crippen molar-refractivity contribution >= 4 is 11.6 Å². The van der Waals surface area contributed by atoms with Crippen LogP contribution in [0.15, 0.2) is 48.5 Å². The van der Waals surface area contributed by atoms with Crippen LogP contribution in [-0.2, 0) is 6.42 Å². The van der Waals surface area contributed by atoms with Crippen molar-refractivity contribution in [3.05, 3.63) is 64.7 Å². The predicted molar refractivity (Wildman–Crippen MR) is 82.3 cm³/mol. The van der Waals surface area contributed by atoms with Crippen molar-refractivity contribution in [1.82, 2.24) is 0 Å². The summed E-state index contributed by atoms with van der Waals surface area (Å²) >= 11 is 5.92. The lowest BCUT2D eigenvalue weighted by Gasteiger charge is -2.21. The van der Waals surface area contributed by atoms with Gasteiger partial charge in [-0.1, -0.05) is 48.9 Å². The SMILES string of the molecule is CCc1cccc(C(O)C(C)Oc2cccc(Cl)c2)c1. The Morgan fingerprint density at radius 2 is 1.90 bits per heavy atom. The van der Waals surface area contributed by atoms with Crippen molar-refractivity contribution in [2.45, 2.75) is 32.5 Å². The maximum absolute atomic E-state index is 10.4. The Labute approximate surface area is 125 Å². The highest BCUT2D eigenvalue weighted by Gasteiger charge is 2.18. The second kappa shape index (κ2) is 6.78. The van der Waals surface area contributed by atoms with E-state index in [0.29, 0.717) is 10.8 Å². The molecule has 0 radical (unpaired) electrons. The minimum absolute atomic E-state index is 0.347. The van der Waals surface area contributed by atoms with Gasteiger partial charge < -0.3 is 9.84 Å². The second-order valence-electron chi connectivity index (χ2n) is 4.82. The molecular formula is C17H19ClO2. The lowest BCUT2D eigenvalue weighted by Crippen LogP contribution is -2.21. The molecule has 0 amide bonds. The largest absolute Gasteiger partial charge is 0.488 e. The van der Waals surface area contributed by atoms with Crippen LogP contribution in [0.1, 0.15) is 31.1 Å². The van der Waals surface area contributed by atoms with Gasteiger partial charge in [0.25, 0.3) is 0 Å². The van der Waals surface area contributed by atoms with Gasteiger partial charge in [-0.2, -0.15) is 0 Å². The van der Waals surface area contributed by atoms with E-state index >= 15 is 0 Å². The van der Waals surface area contributed by atoms with Gasteiger partial charge in [-0.05, 0) is 42.7 Å². The Bertz CT molecular complexity index is 568. The first-order valence-corrected chi connectivity index (χ1v) is 7.17. The fraction of sp³-hybridized carbons (Fsp3) is 0.294. The van der Waals surface area contributed by atoms with Crippen LogP contribution in [0.2, 0.25) is 5.02 Å². The molecule has 3 heteroatoms. The fourth-order valence-electron chi connectivity index (χ4n) is 2.09. The third kappa shape index (κ3) is 3.75. The third-order valence-electron chi connectivity index (χ3n) is 3.26. The first-order chi connectivity index (χ1) is 9.60. The highest BCUT2D eigenvalue weighted by atomic mass is 35.5. The molecule has 0 aliphatic carbocycles. The first-order valence-electron chi connectivity index (χ1n) is 6.79. The van der Waals surface area contributed by atoms with Crippen LogP contribution in [0.4, 0.5) is 0 Å². The average Bonchev–Trinajstić information content (AvgIpc) is 2.46. The lowest BCUT2D eigenvalue weighted by atomic mass is 10.0. The third-order valence-corrected chi connectivity index (χ3v) is 3.50. The van der Waals surface area contributed by atoms with Crippen molar-refractivity contribution in [1.29, 1.82) is 0 Å². The molecule has 0 aliphatic rings. The van der Waals surface area contributed by atoms with Gasteiger partial charge in [-0.15, -0.1) is 0 Å². The van der Waals surface area contributed by atoms with Gasteiger partial charge in [-0.3, -0.25) is 0 Å². The van der Waals surface area contributed by atoms with Gasteiger partial charge in [0.1, 0.15) is 18.0 Å². The topological polar surface area (TPSA) is 29.5 Å². The number of ether oxygens (including phenoxy) is 1. The molecule has 0 aromatic heterocycles. The van der Waals surface area contributed by atoms with Crippen molar-refractivity contribution in [2.75, 3.05) is 0 Å². The maximum atomic E-state index is 10.4. The molecule has 0 aliphatic heterocycles. The van der Waals surface area contributed by atoms with Crippen molar-refractivity contribution in [3.63, 3.8) is 0 Å². The Morgan fingerprint density at radius 3 is 2.60 bits per heavy atom. The summed E-state index contributed by atoms with van der Waals surface area (Å²) in [5, 5.41) is 11.0. The van der Waals surface area contributed by atoms with E-state index in [0.717, 1.165) is 12.0 Å². The van der Waals surface area contributed by atoms with E-state index in [-0.39, 0.29) is 6.10 Å². The Balaban J connectivity index is 2.09. The van der Waals surface area contributed by atoms with Crippen LogP contribution < -0.4 is 4.74 Å². The van der Waals surface area contributed by atoms with Gasteiger partial charge >= 0.3 is 0 Å². The molecule has 2 aromatic rings. The summed E-state index contributed by atoms with van der Waals surface area (Å²) in [4.78, 5) is 0. The van der Waals surface area contributed by atoms with Crippen molar-refractivity contribution < 1.29 is 9.84 Å². The molecule has 0 saturated carbocycles. The normalized spacial score (nSPS) is 13.8. The number of aryl methyl sites for hydroxylation is 1. The van der Waals surface area contributed by atoms with Gasteiger partial charge in [-0.25, -0.2) is 0 Å².